The molecule has 1 saturated carbocycles. The van der Waals surface area contributed by atoms with Crippen LogP contribution in [-0.4, -0.2) is 36.0 Å². The highest BCUT2D eigenvalue weighted by molar-refractivity contribution is 5.93. The number of nitrogens with zero attached hydrogens (tertiary/aromatic N) is 1. The maximum absolute atomic E-state index is 12.2. The van der Waals surface area contributed by atoms with Gasteiger partial charge in [-0.05, 0) is 56.4 Å². The van der Waals surface area contributed by atoms with Crippen LogP contribution in [0.25, 0.3) is 0 Å². The number of nitrogens with one attached hydrogen (secondary N) is 1. The Balaban J connectivity index is 1.93. The molecular formula is C16H28N4O. The highest BCUT2D eigenvalue weighted by Gasteiger charge is 2.32. The first-order valence-electron chi connectivity index (χ1n) is 7.86. The molecule has 5 N–H and O–H groups in total. The molecular weight excluding hydrogens is 264 g/mol. The molecule has 0 aromatic rings. The summed E-state index contributed by atoms with van der Waals surface area (Å²) in [4.78, 5) is 14.6. The SMILES string of the molecule is CC1CN(C(C)C)CC1NC(=O)/C(N)=C/C(=C\N)C1CC1. The average molecular weight is 292 g/mol. The summed E-state index contributed by atoms with van der Waals surface area (Å²) < 4.78 is 0. The number of likely N-dealkylation sites (tertiary alicyclic amines) is 1. The van der Waals surface area contributed by atoms with Crippen LogP contribution in [0.3, 0.4) is 0 Å². The summed E-state index contributed by atoms with van der Waals surface area (Å²) in [5.74, 6) is 0.748. The third kappa shape index (κ3) is 4.00. The lowest BCUT2D eigenvalue weighted by atomic mass is 10.1. The number of amides is 1. The van der Waals surface area contributed by atoms with Gasteiger partial charge in [-0.2, -0.15) is 0 Å². The Bertz CT molecular complexity index is 451. The average Bonchev–Trinajstić information content (AvgIpc) is 3.21. The fourth-order valence-electron chi connectivity index (χ4n) is 2.83. The molecule has 1 amide bonds. The molecule has 2 rings (SSSR count). The molecule has 5 nitrogen and oxygen atoms in total. The minimum absolute atomic E-state index is 0.165. The standard InChI is InChI=1S/C16H28N4O/c1-10(2)20-8-11(3)15(9-20)19-16(21)14(18)6-13(7-17)12-4-5-12/h6-7,10-12,15H,4-5,8-9,17-18H2,1-3H3,(H,19,21)/b13-7+,14-6-. The summed E-state index contributed by atoms with van der Waals surface area (Å²) in [7, 11) is 0. The predicted octanol–water partition coefficient (Wildman–Crippen LogP) is 0.927. The Morgan fingerprint density at radius 2 is 2.00 bits per heavy atom. The van der Waals surface area contributed by atoms with E-state index in [1.807, 2.05) is 0 Å². The number of nitrogens with two attached hydrogens (primary N) is 2. The van der Waals surface area contributed by atoms with Crippen LogP contribution < -0.4 is 16.8 Å². The number of carbonyl (C=O) groups excluding carboxylic acids is 1. The lowest BCUT2D eigenvalue weighted by Crippen LogP contribution is -2.42. The van der Waals surface area contributed by atoms with Crippen molar-refractivity contribution in [2.45, 2.75) is 45.7 Å². The van der Waals surface area contributed by atoms with Crippen LogP contribution in [0, 0.1) is 11.8 Å². The van der Waals surface area contributed by atoms with E-state index >= 15 is 0 Å². The van der Waals surface area contributed by atoms with Gasteiger partial charge in [0.25, 0.3) is 5.91 Å². The van der Waals surface area contributed by atoms with Crippen molar-refractivity contribution in [3.8, 4) is 0 Å². The minimum Gasteiger partial charge on any atom is -0.404 e. The monoisotopic (exact) mass is 292 g/mol. The fraction of sp³-hybridized carbons (Fsp3) is 0.688. The zero-order chi connectivity index (χ0) is 15.6. The summed E-state index contributed by atoms with van der Waals surface area (Å²) in [6, 6.07) is 0.668. The molecule has 1 heterocycles. The number of allylic oxidation sites excluding steroid dienone is 2. The summed E-state index contributed by atoms with van der Waals surface area (Å²) in [5.41, 5.74) is 12.8. The quantitative estimate of drug-likeness (QED) is 0.520. The first-order chi connectivity index (χ1) is 9.92. The van der Waals surface area contributed by atoms with E-state index in [1.165, 1.54) is 0 Å². The van der Waals surface area contributed by atoms with Gasteiger partial charge >= 0.3 is 0 Å². The second-order valence-corrected chi connectivity index (χ2v) is 6.65. The van der Waals surface area contributed by atoms with Gasteiger partial charge in [0.1, 0.15) is 0 Å². The molecule has 118 valence electrons. The van der Waals surface area contributed by atoms with Crippen molar-refractivity contribution in [1.82, 2.24) is 10.2 Å². The maximum Gasteiger partial charge on any atom is 0.267 e. The smallest absolute Gasteiger partial charge is 0.267 e. The Hall–Kier alpha value is -1.49. The normalized spacial score (nSPS) is 28.2. The van der Waals surface area contributed by atoms with E-state index in [2.05, 4.69) is 31.0 Å². The molecule has 5 heteroatoms. The van der Waals surface area contributed by atoms with Crippen LogP contribution in [0.5, 0.6) is 0 Å². The maximum atomic E-state index is 12.2. The largest absolute Gasteiger partial charge is 0.404 e. The van der Waals surface area contributed by atoms with Crippen LogP contribution in [0.15, 0.2) is 23.5 Å². The topological polar surface area (TPSA) is 84.4 Å². The zero-order valence-corrected chi connectivity index (χ0v) is 13.3. The van der Waals surface area contributed by atoms with Crippen molar-refractivity contribution >= 4 is 5.91 Å². The molecule has 1 saturated heterocycles. The highest BCUT2D eigenvalue weighted by Crippen LogP contribution is 2.36. The Morgan fingerprint density at radius 3 is 2.48 bits per heavy atom. The third-order valence-corrected chi connectivity index (χ3v) is 4.51. The molecule has 21 heavy (non-hydrogen) atoms. The zero-order valence-electron chi connectivity index (χ0n) is 13.3. The van der Waals surface area contributed by atoms with Crippen molar-refractivity contribution in [3.05, 3.63) is 23.5 Å². The molecule has 0 radical (unpaired) electrons. The Labute approximate surface area is 127 Å². The number of rotatable bonds is 5. The highest BCUT2D eigenvalue weighted by atomic mass is 16.2. The van der Waals surface area contributed by atoms with Crippen molar-refractivity contribution in [2.75, 3.05) is 13.1 Å². The van der Waals surface area contributed by atoms with Gasteiger partial charge in [-0.25, -0.2) is 0 Å². The Kier molecular flexibility index (Phi) is 4.93. The molecule has 0 spiro atoms. The minimum atomic E-state index is -0.183. The van der Waals surface area contributed by atoms with E-state index in [9.17, 15) is 4.79 Å². The summed E-state index contributed by atoms with van der Waals surface area (Å²) >= 11 is 0. The molecule has 1 aliphatic heterocycles. The molecule has 2 atom stereocenters. The van der Waals surface area contributed by atoms with Gasteiger partial charge in [-0.1, -0.05) is 6.92 Å². The van der Waals surface area contributed by atoms with Gasteiger partial charge < -0.3 is 16.8 Å². The van der Waals surface area contributed by atoms with Crippen LogP contribution in [0.1, 0.15) is 33.6 Å². The van der Waals surface area contributed by atoms with Crippen molar-refractivity contribution in [3.63, 3.8) is 0 Å². The number of hydrogen-bond acceptors (Lipinski definition) is 4. The van der Waals surface area contributed by atoms with Crippen LogP contribution in [0.4, 0.5) is 0 Å². The molecule has 0 aromatic carbocycles. The molecule has 2 unspecified atom stereocenters. The van der Waals surface area contributed by atoms with E-state index in [4.69, 9.17) is 11.5 Å². The number of carbonyl (C=O) groups is 1. The lowest BCUT2D eigenvalue weighted by molar-refractivity contribution is -0.118. The van der Waals surface area contributed by atoms with E-state index < -0.39 is 0 Å². The van der Waals surface area contributed by atoms with Gasteiger partial charge in [-0.15, -0.1) is 0 Å². The molecule has 0 bridgehead atoms. The summed E-state index contributed by atoms with van der Waals surface area (Å²) in [6.07, 6.45) is 5.57. The molecule has 2 aliphatic rings. The van der Waals surface area contributed by atoms with Crippen LogP contribution >= 0.6 is 0 Å². The fourth-order valence-corrected chi connectivity index (χ4v) is 2.83. The third-order valence-electron chi connectivity index (χ3n) is 4.51. The van der Waals surface area contributed by atoms with Gasteiger partial charge in [0.05, 0.1) is 5.70 Å². The summed E-state index contributed by atoms with van der Waals surface area (Å²) in [5, 5.41) is 3.06. The second kappa shape index (κ2) is 6.52. The van der Waals surface area contributed by atoms with E-state index in [0.29, 0.717) is 17.9 Å². The van der Waals surface area contributed by atoms with Crippen molar-refractivity contribution < 1.29 is 4.79 Å². The van der Waals surface area contributed by atoms with Crippen molar-refractivity contribution in [2.24, 2.45) is 23.3 Å². The molecule has 2 fully saturated rings. The van der Waals surface area contributed by atoms with Gasteiger partial charge in [0, 0.05) is 25.2 Å². The van der Waals surface area contributed by atoms with Gasteiger partial charge in [-0.3, -0.25) is 9.69 Å². The van der Waals surface area contributed by atoms with Crippen LogP contribution in [-0.2, 0) is 4.79 Å². The van der Waals surface area contributed by atoms with E-state index in [0.717, 1.165) is 31.5 Å². The van der Waals surface area contributed by atoms with Gasteiger partial charge in [0.15, 0.2) is 0 Å². The second-order valence-electron chi connectivity index (χ2n) is 6.65. The number of hydrogen-bond donors (Lipinski definition) is 3. The lowest BCUT2D eigenvalue weighted by Gasteiger charge is -2.20. The first kappa shape index (κ1) is 15.9. The molecule has 0 aromatic heterocycles. The first-order valence-corrected chi connectivity index (χ1v) is 7.86. The predicted molar refractivity (Wildman–Crippen MR) is 85.1 cm³/mol. The van der Waals surface area contributed by atoms with Gasteiger partial charge in [0.2, 0.25) is 0 Å². The van der Waals surface area contributed by atoms with Crippen molar-refractivity contribution in [1.29, 1.82) is 0 Å². The van der Waals surface area contributed by atoms with Crippen LogP contribution in [0.2, 0.25) is 0 Å². The van der Waals surface area contributed by atoms with E-state index in [-0.39, 0.29) is 17.6 Å². The molecule has 1 aliphatic carbocycles. The summed E-state index contributed by atoms with van der Waals surface area (Å²) in [6.45, 7) is 8.43. The van der Waals surface area contributed by atoms with E-state index in [1.54, 1.807) is 12.3 Å². The Morgan fingerprint density at radius 1 is 1.33 bits per heavy atom.